The van der Waals surface area contributed by atoms with Gasteiger partial charge in [-0.15, -0.1) is 11.3 Å². The molecular formula is C25H34N2O3S. The number of hydrogen-bond acceptors (Lipinski definition) is 4. The van der Waals surface area contributed by atoms with E-state index in [1.54, 1.807) is 16.2 Å². The van der Waals surface area contributed by atoms with Crippen LogP contribution in [0.3, 0.4) is 0 Å². The lowest BCUT2D eigenvalue weighted by Crippen LogP contribution is -2.45. The van der Waals surface area contributed by atoms with Gasteiger partial charge in [-0.3, -0.25) is 4.79 Å². The molecule has 0 saturated carbocycles. The highest BCUT2D eigenvalue weighted by Crippen LogP contribution is 2.29. The van der Waals surface area contributed by atoms with Gasteiger partial charge in [0.2, 0.25) is 5.91 Å². The van der Waals surface area contributed by atoms with Crippen molar-refractivity contribution in [3.05, 3.63) is 57.8 Å². The van der Waals surface area contributed by atoms with Crippen LogP contribution < -0.4 is 5.32 Å². The first-order valence-corrected chi connectivity index (χ1v) is 11.9. The lowest BCUT2D eigenvalue weighted by Gasteiger charge is -2.33. The second kappa shape index (κ2) is 9.86. The van der Waals surface area contributed by atoms with Crippen LogP contribution in [0.25, 0.3) is 0 Å². The molecule has 3 rings (SSSR count). The summed E-state index contributed by atoms with van der Waals surface area (Å²) in [5, 5.41) is 5.31. The topological polar surface area (TPSA) is 58.6 Å². The molecule has 1 fully saturated rings. The summed E-state index contributed by atoms with van der Waals surface area (Å²) >= 11 is 1.65. The molecule has 1 aromatic heterocycles. The van der Waals surface area contributed by atoms with Gasteiger partial charge in [-0.25, -0.2) is 4.79 Å². The Kier molecular flexibility index (Phi) is 7.42. The van der Waals surface area contributed by atoms with Gasteiger partial charge in [-0.1, -0.05) is 44.2 Å². The average molecular weight is 443 g/mol. The molecule has 168 valence electrons. The van der Waals surface area contributed by atoms with Gasteiger partial charge in [0, 0.05) is 23.9 Å². The van der Waals surface area contributed by atoms with Gasteiger partial charge in [0.05, 0.1) is 6.04 Å². The second-order valence-corrected chi connectivity index (χ2v) is 10.5. The number of likely N-dealkylation sites (tertiary alicyclic amines) is 1. The highest BCUT2D eigenvalue weighted by Gasteiger charge is 2.31. The molecule has 2 heterocycles. The van der Waals surface area contributed by atoms with E-state index in [2.05, 4.69) is 49.5 Å². The van der Waals surface area contributed by atoms with Gasteiger partial charge < -0.3 is 15.0 Å². The monoisotopic (exact) mass is 442 g/mol. The van der Waals surface area contributed by atoms with E-state index in [1.165, 1.54) is 5.56 Å². The number of thiophene rings is 1. The lowest BCUT2D eigenvalue weighted by molar-refractivity contribution is -0.127. The molecule has 2 amide bonds. The maximum Gasteiger partial charge on any atom is 0.410 e. The van der Waals surface area contributed by atoms with Gasteiger partial charge in [0.25, 0.3) is 0 Å². The second-order valence-electron chi connectivity index (χ2n) is 9.52. The maximum atomic E-state index is 13.1. The Morgan fingerprint density at radius 2 is 1.68 bits per heavy atom. The van der Waals surface area contributed by atoms with Crippen LogP contribution in [-0.2, 0) is 9.53 Å². The Morgan fingerprint density at radius 3 is 2.19 bits per heavy atom. The highest BCUT2D eigenvalue weighted by atomic mass is 32.1. The third-order valence-corrected chi connectivity index (χ3v) is 6.51. The zero-order chi connectivity index (χ0) is 22.6. The number of amides is 2. The number of benzene rings is 1. The van der Waals surface area contributed by atoms with Crippen molar-refractivity contribution in [3.63, 3.8) is 0 Å². The molecule has 1 aliphatic rings. The largest absolute Gasteiger partial charge is 0.444 e. The van der Waals surface area contributed by atoms with Crippen molar-refractivity contribution in [3.8, 4) is 0 Å². The summed E-state index contributed by atoms with van der Waals surface area (Å²) in [6, 6.07) is 12.4. The van der Waals surface area contributed by atoms with Gasteiger partial charge in [-0.2, -0.15) is 0 Å². The first kappa shape index (κ1) is 23.3. The molecular weight excluding hydrogens is 408 g/mol. The van der Waals surface area contributed by atoms with Crippen molar-refractivity contribution >= 4 is 23.3 Å². The first-order chi connectivity index (χ1) is 14.6. The molecule has 2 aromatic rings. The van der Waals surface area contributed by atoms with Crippen molar-refractivity contribution in [2.45, 2.75) is 65.0 Å². The molecule has 5 nitrogen and oxygen atoms in total. The number of rotatable bonds is 5. The van der Waals surface area contributed by atoms with E-state index in [-0.39, 0.29) is 24.0 Å². The molecule has 1 N–H and O–H groups in total. The van der Waals surface area contributed by atoms with Crippen LogP contribution in [0.1, 0.15) is 75.4 Å². The molecule has 0 radical (unpaired) electrons. The molecule has 1 aromatic carbocycles. The summed E-state index contributed by atoms with van der Waals surface area (Å²) in [5.41, 5.74) is 1.87. The minimum absolute atomic E-state index is 0.0511. The van der Waals surface area contributed by atoms with Crippen LogP contribution in [0.15, 0.2) is 41.8 Å². The molecule has 1 atom stereocenters. The predicted octanol–water partition coefficient (Wildman–Crippen LogP) is 5.72. The van der Waals surface area contributed by atoms with Crippen molar-refractivity contribution in [2.75, 3.05) is 13.1 Å². The lowest BCUT2D eigenvalue weighted by atomic mass is 9.94. The molecule has 0 bridgehead atoms. The molecule has 0 aliphatic carbocycles. The Hall–Kier alpha value is -2.34. The van der Waals surface area contributed by atoms with Crippen LogP contribution in [-0.4, -0.2) is 35.6 Å². The summed E-state index contributed by atoms with van der Waals surface area (Å²) < 4.78 is 5.46. The van der Waals surface area contributed by atoms with Crippen molar-refractivity contribution in [2.24, 2.45) is 5.92 Å². The quantitative estimate of drug-likeness (QED) is 0.644. The Bertz CT molecular complexity index is 861. The Labute approximate surface area is 189 Å². The third-order valence-electron chi connectivity index (χ3n) is 5.57. The van der Waals surface area contributed by atoms with Gasteiger partial charge in [-0.05, 0) is 62.1 Å². The van der Waals surface area contributed by atoms with Gasteiger partial charge in [0.1, 0.15) is 5.60 Å². The summed E-state index contributed by atoms with van der Waals surface area (Å²) in [6.45, 7) is 11.0. The summed E-state index contributed by atoms with van der Waals surface area (Å²) in [4.78, 5) is 28.2. The Morgan fingerprint density at radius 1 is 1.06 bits per heavy atom. The number of carbonyl (C=O) groups excluding carboxylic acids is 2. The standard InChI is InChI=1S/C25H34N2O3S/c1-17(2)18-8-10-19(11-9-18)22(21-7-6-16-31-21)26-23(28)20-12-14-27(15-13-20)24(29)30-25(3,4)5/h6-11,16-17,20,22H,12-15H2,1-5H3,(H,26,28). The Balaban J connectivity index is 1.65. The summed E-state index contributed by atoms with van der Waals surface area (Å²) in [6.07, 6.45) is 0.997. The molecule has 1 aliphatic heterocycles. The fourth-order valence-electron chi connectivity index (χ4n) is 3.76. The first-order valence-electron chi connectivity index (χ1n) is 11.1. The number of hydrogen-bond donors (Lipinski definition) is 1. The van der Waals surface area contributed by atoms with E-state index in [0.717, 1.165) is 10.4 Å². The SMILES string of the molecule is CC(C)c1ccc(C(NC(=O)C2CCN(C(=O)OC(C)(C)C)CC2)c2cccs2)cc1. The maximum absolute atomic E-state index is 13.1. The van der Waals surface area contributed by atoms with Gasteiger partial charge in [0.15, 0.2) is 0 Å². The average Bonchev–Trinajstić information content (AvgIpc) is 3.25. The number of carbonyl (C=O) groups is 2. The zero-order valence-electron chi connectivity index (χ0n) is 19.2. The predicted molar refractivity (Wildman–Crippen MR) is 125 cm³/mol. The minimum atomic E-state index is -0.510. The van der Waals surface area contributed by atoms with Crippen LogP contribution in [0.4, 0.5) is 4.79 Å². The fraction of sp³-hybridized carbons (Fsp3) is 0.520. The van der Waals surface area contributed by atoms with E-state index >= 15 is 0 Å². The van der Waals surface area contributed by atoms with E-state index in [1.807, 2.05) is 32.2 Å². The van der Waals surface area contributed by atoms with Crippen LogP contribution >= 0.6 is 11.3 Å². The van der Waals surface area contributed by atoms with Gasteiger partial charge >= 0.3 is 6.09 Å². The molecule has 1 saturated heterocycles. The van der Waals surface area contributed by atoms with E-state index in [4.69, 9.17) is 4.74 Å². The molecule has 6 heteroatoms. The number of ether oxygens (including phenoxy) is 1. The molecule has 0 spiro atoms. The van der Waals surface area contributed by atoms with Crippen LogP contribution in [0.2, 0.25) is 0 Å². The fourth-order valence-corrected chi connectivity index (χ4v) is 4.56. The smallest absolute Gasteiger partial charge is 0.410 e. The van der Waals surface area contributed by atoms with Crippen molar-refractivity contribution < 1.29 is 14.3 Å². The third kappa shape index (κ3) is 6.33. The van der Waals surface area contributed by atoms with Crippen LogP contribution in [0.5, 0.6) is 0 Å². The van der Waals surface area contributed by atoms with E-state index in [9.17, 15) is 9.59 Å². The van der Waals surface area contributed by atoms with Crippen LogP contribution in [0, 0.1) is 5.92 Å². The molecule has 31 heavy (non-hydrogen) atoms. The highest BCUT2D eigenvalue weighted by molar-refractivity contribution is 7.10. The number of nitrogens with one attached hydrogen (secondary N) is 1. The normalized spacial score (nSPS) is 16.3. The number of piperidine rings is 1. The minimum Gasteiger partial charge on any atom is -0.444 e. The summed E-state index contributed by atoms with van der Waals surface area (Å²) in [5.74, 6) is 0.422. The van der Waals surface area contributed by atoms with Crippen molar-refractivity contribution in [1.82, 2.24) is 10.2 Å². The number of nitrogens with zero attached hydrogens (tertiary/aromatic N) is 1. The van der Waals surface area contributed by atoms with E-state index < -0.39 is 5.60 Å². The molecule has 1 unspecified atom stereocenters. The van der Waals surface area contributed by atoms with E-state index in [0.29, 0.717) is 31.8 Å². The van der Waals surface area contributed by atoms with Crippen molar-refractivity contribution in [1.29, 1.82) is 0 Å². The summed E-state index contributed by atoms with van der Waals surface area (Å²) in [7, 11) is 0. The zero-order valence-corrected chi connectivity index (χ0v) is 20.0.